The number of rotatable bonds is 4. The molecular weight excluding hydrogens is 322 g/mol. The molecule has 0 aliphatic rings. The zero-order chi connectivity index (χ0) is 18.6. The summed E-state index contributed by atoms with van der Waals surface area (Å²) in [7, 11) is 0. The molecule has 0 amide bonds. The number of nitrogens with one attached hydrogen (secondary N) is 2. The molecule has 0 radical (unpaired) electrons. The lowest BCUT2D eigenvalue weighted by atomic mass is 9.87. The van der Waals surface area contributed by atoms with Crippen molar-refractivity contribution in [3.8, 4) is 6.07 Å². The molecule has 130 valence electrons. The lowest BCUT2D eigenvalue weighted by molar-refractivity contribution is 0.590. The van der Waals surface area contributed by atoms with E-state index in [0.717, 1.165) is 11.4 Å². The van der Waals surface area contributed by atoms with Gasteiger partial charge in [-0.15, -0.1) is 0 Å². The summed E-state index contributed by atoms with van der Waals surface area (Å²) in [5.74, 6) is 1.39. The highest BCUT2D eigenvalue weighted by Crippen LogP contribution is 2.25. The molecule has 3 rings (SSSR count). The molecule has 1 aromatic heterocycles. The number of aromatic nitrogens is 2. The highest BCUT2D eigenvalue weighted by molar-refractivity contribution is 5.63. The van der Waals surface area contributed by atoms with Gasteiger partial charge in [-0.25, -0.2) is 9.97 Å². The molecule has 2 aromatic carbocycles. The first kappa shape index (κ1) is 17.4. The second-order valence-corrected chi connectivity index (χ2v) is 7.05. The fraction of sp³-hybridized carbons (Fsp3) is 0.190. The maximum Gasteiger partial charge on any atom is 0.135 e. The summed E-state index contributed by atoms with van der Waals surface area (Å²) < 4.78 is 0. The fourth-order valence-corrected chi connectivity index (χ4v) is 2.47. The van der Waals surface area contributed by atoms with Crippen LogP contribution < -0.4 is 10.6 Å². The van der Waals surface area contributed by atoms with E-state index < -0.39 is 0 Å². The summed E-state index contributed by atoms with van der Waals surface area (Å²) in [6.45, 7) is 6.59. The van der Waals surface area contributed by atoms with Crippen molar-refractivity contribution in [2.24, 2.45) is 0 Å². The van der Waals surface area contributed by atoms with Crippen molar-refractivity contribution in [2.45, 2.75) is 26.2 Å². The summed E-state index contributed by atoms with van der Waals surface area (Å²) in [4.78, 5) is 8.51. The van der Waals surface area contributed by atoms with Crippen LogP contribution in [0, 0.1) is 11.3 Å². The van der Waals surface area contributed by atoms with Gasteiger partial charge < -0.3 is 10.6 Å². The SMILES string of the molecule is CC(C)(C)c1ccc(Nc2cc(Nc3ccc(C#N)cc3)ncn2)cc1. The molecule has 0 saturated carbocycles. The topological polar surface area (TPSA) is 73.6 Å². The number of benzene rings is 2. The number of nitrogens with zero attached hydrogens (tertiary/aromatic N) is 3. The Hall–Kier alpha value is -3.39. The average molecular weight is 343 g/mol. The Kier molecular flexibility index (Phi) is 4.85. The molecule has 0 unspecified atom stereocenters. The van der Waals surface area contributed by atoms with Crippen LogP contribution in [0.15, 0.2) is 60.9 Å². The molecule has 0 atom stereocenters. The zero-order valence-electron chi connectivity index (χ0n) is 15.1. The molecule has 5 nitrogen and oxygen atoms in total. The van der Waals surface area contributed by atoms with Gasteiger partial charge in [0.1, 0.15) is 18.0 Å². The highest BCUT2D eigenvalue weighted by Gasteiger charge is 2.12. The van der Waals surface area contributed by atoms with Crippen LogP contribution in [0.5, 0.6) is 0 Å². The van der Waals surface area contributed by atoms with Gasteiger partial charge in [0.2, 0.25) is 0 Å². The van der Waals surface area contributed by atoms with Gasteiger partial charge in [-0.1, -0.05) is 32.9 Å². The Morgan fingerprint density at radius 2 is 1.31 bits per heavy atom. The lowest BCUT2D eigenvalue weighted by Gasteiger charge is -2.19. The second-order valence-electron chi connectivity index (χ2n) is 7.05. The standard InChI is InChI=1S/C21H21N5/c1-21(2,3)16-6-10-18(11-7-16)26-20-12-19(23-14-24-20)25-17-8-4-15(13-22)5-9-17/h4-12,14H,1-3H3,(H2,23,24,25,26). The van der Waals surface area contributed by atoms with Crippen LogP contribution in [0.25, 0.3) is 0 Å². The first-order chi connectivity index (χ1) is 12.4. The molecule has 0 spiro atoms. The quantitative estimate of drug-likeness (QED) is 0.687. The van der Waals surface area contributed by atoms with E-state index in [1.165, 1.54) is 11.9 Å². The van der Waals surface area contributed by atoms with Crippen molar-refractivity contribution in [1.29, 1.82) is 5.26 Å². The predicted octanol–water partition coefficient (Wildman–Crippen LogP) is 5.13. The predicted molar refractivity (Wildman–Crippen MR) is 105 cm³/mol. The minimum atomic E-state index is 0.131. The van der Waals surface area contributed by atoms with Crippen LogP contribution >= 0.6 is 0 Å². The van der Waals surface area contributed by atoms with E-state index >= 15 is 0 Å². The van der Waals surface area contributed by atoms with E-state index in [9.17, 15) is 0 Å². The van der Waals surface area contributed by atoms with Crippen LogP contribution in [0.1, 0.15) is 31.9 Å². The van der Waals surface area contributed by atoms with Gasteiger partial charge in [0, 0.05) is 17.4 Å². The Labute approximate surface area is 153 Å². The average Bonchev–Trinajstić information content (AvgIpc) is 2.62. The van der Waals surface area contributed by atoms with Crippen molar-refractivity contribution in [3.63, 3.8) is 0 Å². The molecule has 0 fully saturated rings. The van der Waals surface area contributed by atoms with Gasteiger partial charge in [0.05, 0.1) is 11.6 Å². The first-order valence-corrected chi connectivity index (χ1v) is 8.41. The molecule has 0 bridgehead atoms. The third-order valence-electron chi connectivity index (χ3n) is 3.98. The molecule has 0 aliphatic carbocycles. The van der Waals surface area contributed by atoms with Gasteiger partial charge in [0.25, 0.3) is 0 Å². The maximum atomic E-state index is 8.86. The Morgan fingerprint density at radius 1 is 0.808 bits per heavy atom. The minimum absolute atomic E-state index is 0.131. The van der Waals surface area contributed by atoms with Gasteiger partial charge in [-0.05, 0) is 47.4 Å². The summed E-state index contributed by atoms with van der Waals surface area (Å²) in [5.41, 5.74) is 3.88. The maximum absolute atomic E-state index is 8.86. The molecule has 0 aliphatic heterocycles. The molecule has 2 N–H and O–H groups in total. The molecule has 5 heteroatoms. The van der Waals surface area contributed by atoms with Crippen molar-refractivity contribution in [2.75, 3.05) is 10.6 Å². The third kappa shape index (κ3) is 4.37. The minimum Gasteiger partial charge on any atom is -0.340 e. The molecular formula is C21H21N5. The summed E-state index contributed by atoms with van der Waals surface area (Å²) in [6, 6.07) is 19.5. The van der Waals surface area contributed by atoms with Crippen molar-refractivity contribution in [3.05, 3.63) is 72.1 Å². The zero-order valence-corrected chi connectivity index (χ0v) is 15.1. The Balaban J connectivity index is 1.71. The van der Waals surface area contributed by atoms with Crippen LogP contribution in [-0.4, -0.2) is 9.97 Å². The Bertz CT molecular complexity index is 916. The number of nitriles is 1. The first-order valence-electron chi connectivity index (χ1n) is 8.41. The van der Waals surface area contributed by atoms with Gasteiger partial charge in [0.15, 0.2) is 0 Å². The van der Waals surface area contributed by atoms with Gasteiger partial charge in [-0.2, -0.15) is 5.26 Å². The van der Waals surface area contributed by atoms with Gasteiger partial charge in [-0.3, -0.25) is 0 Å². The normalized spacial score (nSPS) is 10.8. The van der Waals surface area contributed by atoms with E-state index in [-0.39, 0.29) is 5.41 Å². The van der Waals surface area contributed by atoms with E-state index in [0.29, 0.717) is 17.2 Å². The van der Waals surface area contributed by atoms with Crippen molar-refractivity contribution >= 4 is 23.0 Å². The van der Waals surface area contributed by atoms with E-state index in [1.807, 2.05) is 18.2 Å². The highest BCUT2D eigenvalue weighted by atomic mass is 15.1. The van der Waals surface area contributed by atoms with E-state index in [4.69, 9.17) is 5.26 Å². The molecule has 1 heterocycles. The summed E-state index contributed by atoms with van der Waals surface area (Å²) >= 11 is 0. The largest absolute Gasteiger partial charge is 0.340 e. The van der Waals surface area contributed by atoms with E-state index in [1.54, 1.807) is 12.1 Å². The van der Waals surface area contributed by atoms with Crippen LogP contribution in [0.4, 0.5) is 23.0 Å². The van der Waals surface area contributed by atoms with Crippen LogP contribution in [-0.2, 0) is 5.41 Å². The number of hydrogen-bond donors (Lipinski definition) is 2. The fourth-order valence-electron chi connectivity index (χ4n) is 2.47. The van der Waals surface area contributed by atoms with E-state index in [2.05, 4.69) is 71.7 Å². The van der Waals surface area contributed by atoms with Crippen LogP contribution in [0.3, 0.4) is 0 Å². The van der Waals surface area contributed by atoms with Crippen LogP contribution in [0.2, 0.25) is 0 Å². The second kappa shape index (κ2) is 7.24. The molecule has 0 saturated heterocycles. The monoisotopic (exact) mass is 343 g/mol. The third-order valence-corrected chi connectivity index (χ3v) is 3.98. The smallest absolute Gasteiger partial charge is 0.135 e. The Morgan fingerprint density at radius 3 is 1.77 bits per heavy atom. The number of hydrogen-bond acceptors (Lipinski definition) is 5. The lowest BCUT2D eigenvalue weighted by Crippen LogP contribution is -2.10. The van der Waals surface area contributed by atoms with Crippen molar-refractivity contribution < 1.29 is 0 Å². The molecule has 26 heavy (non-hydrogen) atoms. The summed E-state index contributed by atoms with van der Waals surface area (Å²) in [6.07, 6.45) is 1.51. The summed E-state index contributed by atoms with van der Waals surface area (Å²) in [5, 5.41) is 15.4. The number of anilines is 4. The van der Waals surface area contributed by atoms with Crippen molar-refractivity contribution in [1.82, 2.24) is 9.97 Å². The van der Waals surface area contributed by atoms with Gasteiger partial charge >= 0.3 is 0 Å². The molecule has 3 aromatic rings.